The first-order valence-electron chi connectivity index (χ1n) is 6.95. The third kappa shape index (κ3) is 4.71. The van der Waals surface area contributed by atoms with Crippen molar-refractivity contribution in [3.05, 3.63) is 57.7 Å². The van der Waals surface area contributed by atoms with Crippen LogP contribution in [-0.2, 0) is 4.79 Å². The van der Waals surface area contributed by atoms with E-state index >= 15 is 0 Å². The number of likely N-dealkylation sites (N-methyl/N-ethyl adjacent to an activating group) is 1. The van der Waals surface area contributed by atoms with E-state index in [4.69, 9.17) is 0 Å². The Labute approximate surface area is 153 Å². The molecule has 0 aliphatic heterocycles. The van der Waals surface area contributed by atoms with E-state index in [0.717, 1.165) is 14.2 Å². The number of nitrogens with zero attached hydrogens (tertiary/aromatic N) is 1. The molecule has 23 heavy (non-hydrogen) atoms. The minimum absolute atomic E-state index is 0.00647. The second-order valence-electron chi connectivity index (χ2n) is 4.89. The third-order valence-corrected chi connectivity index (χ3v) is 4.95. The zero-order valence-corrected chi connectivity index (χ0v) is 15.8. The summed E-state index contributed by atoms with van der Waals surface area (Å²) in [5, 5.41) is 2.86. The lowest BCUT2D eigenvalue weighted by Gasteiger charge is -2.18. The van der Waals surface area contributed by atoms with Gasteiger partial charge in [-0.25, -0.2) is 0 Å². The summed E-state index contributed by atoms with van der Waals surface area (Å²) in [5.74, 6) is -0.378. The highest BCUT2D eigenvalue weighted by Gasteiger charge is 2.17. The lowest BCUT2D eigenvalue weighted by molar-refractivity contribution is -0.116. The monoisotopic (exact) mass is 440 g/mol. The molecule has 0 aromatic heterocycles. The highest BCUT2D eigenvalue weighted by molar-refractivity contribution is 14.1. The van der Waals surface area contributed by atoms with Crippen LogP contribution in [0.25, 0.3) is 0 Å². The van der Waals surface area contributed by atoms with Gasteiger partial charge in [0.25, 0.3) is 5.91 Å². The smallest absolute Gasteiger partial charge is 0.255 e. The Morgan fingerprint density at radius 2 is 1.78 bits per heavy atom. The fourth-order valence-electron chi connectivity index (χ4n) is 2.07. The van der Waals surface area contributed by atoms with Crippen LogP contribution in [-0.4, -0.2) is 36.6 Å². The molecule has 0 radical (unpaired) electrons. The number of benzene rings is 2. The number of hydrogen-bond acceptors (Lipinski definition) is 3. The van der Waals surface area contributed by atoms with Crippen molar-refractivity contribution in [3.8, 4) is 0 Å². The Kier molecular flexibility index (Phi) is 6.47. The standard InChI is InChI=1S/C17H17IN2O2S/c1-20(17(22)12-7-3-4-8-13(12)18)11-16(21)19-14-9-5-6-10-15(14)23-2/h3-10H,11H2,1-2H3,(H,19,21). The van der Waals surface area contributed by atoms with Gasteiger partial charge >= 0.3 is 0 Å². The van der Waals surface area contributed by atoms with Gasteiger partial charge in [-0.05, 0) is 53.1 Å². The van der Waals surface area contributed by atoms with E-state index in [1.54, 1.807) is 24.9 Å². The van der Waals surface area contributed by atoms with Gasteiger partial charge in [0.1, 0.15) is 0 Å². The molecule has 4 nitrogen and oxygen atoms in total. The quantitative estimate of drug-likeness (QED) is 0.570. The SMILES string of the molecule is CSc1ccccc1NC(=O)CN(C)C(=O)c1ccccc1I. The fourth-order valence-corrected chi connectivity index (χ4v) is 3.24. The molecular formula is C17H17IN2O2S. The molecule has 0 atom stereocenters. The summed E-state index contributed by atoms with van der Waals surface area (Å²) in [7, 11) is 1.63. The van der Waals surface area contributed by atoms with Crippen LogP contribution in [0.4, 0.5) is 5.69 Å². The van der Waals surface area contributed by atoms with Crippen LogP contribution in [0, 0.1) is 3.57 Å². The lowest BCUT2D eigenvalue weighted by atomic mass is 10.2. The Balaban J connectivity index is 2.02. The molecule has 0 heterocycles. The molecule has 0 saturated carbocycles. The van der Waals surface area contributed by atoms with Gasteiger partial charge in [-0.2, -0.15) is 0 Å². The first kappa shape index (κ1) is 17.8. The van der Waals surface area contributed by atoms with Crippen LogP contribution >= 0.6 is 34.4 Å². The Morgan fingerprint density at radius 1 is 1.13 bits per heavy atom. The molecule has 0 saturated heterocycles. The first-order chi connectivity index (χ1) is 11.0. The minimum Gasteiger partial charge on any atom is -0.332 e. The van der Waals surface area contributed by atoms with Crippen molar-refractivity contribution in [2.24, 2.45) is 0 Å². The summed E-state index contributed by atoms with van der Waals surface area (Å²) in [6, 6.07) is 14.9. The van der Waals surface area contributed by atoms with Crippen molar-refractivity contribution in [1.29, 1.82) is 0 Å². The van der Waals surface area contributed by atoms with Gasteiger partial charge in [-0.15, -0.1) is 11.8 Å². The average molecular weight is 440 g/mol. The fraction of sp³-hybridized carbons (Fsp3) is 0.176. The molecule has 0 unspecified atom stereocenters. The van der Waals surface area contributed by atoms with Crippen LogP contribution in [0.2, 0.25) is 0 Å². The first-order valence-corrected chi connectivity index (χ1v) is 9.26. The molecule has 6 heteroatoms. The maximum Gasteiger partial charge on any atom is 0.255 e. The number of halogens is 1. The molecule has 0 aliphatic rings. The van der Waals surface area contributed by atoms with E-state index in [1.807, 2.05) is 48.7 Å². The zero-order valence-electron chi connectivity index (χ0n) is 12.9. The van der Waals surface area contributed by atoms with Gasteiger partial charge in [0, 0.05) is 15.5 Å². The molecule has 2 amide bonds. The zero-order chi connectivity index (χ0) is 16.8. The van der Waals surface area contributed by atoms with E-state index in [-0.39, 0.29) is 18.4 Å². The van der Waals surface area contributed by atoms with Gasteiger partial charge in [-0.1, -0.05) is 24.3 Å². The van der Waals surface area contributed by atoms with Crippen molar-refractivity contribution in [2.45, 2.75) is 4.90 Å². The van der Waals surface area contributed by atoms with Gasteiger partial charge in [-0.3, -0.25) is 9.59 Å². The molecular weight excluding hydrogens is 423 g/mol. The number of para-hydroxylation sites is 1. The van der Waals surface area contributed by atoms with E-state index in [9.17, 15) is 9.59 Å². The molecule has 0 fully saturated rings. The summed E-state index contributed by atoms with van der Waals surface area (Å²) < 4.78 is 0.870. The molecule has 0 spiro atoms. The summed E-state index contributed by atoms with van der Waals surface area (Å²) >= 11 is 3.68. The van der Waals surface area contributed by atoms with Crippen molar-refractivity contribution in [3.63, 3.8) is 0 Å². The predicted molar refractivity (Wildman–Crippen MR) is 103 cm³/mol. The molecule has 2 rings (SSSR count). The van der Waals surface area contributed by atoms with Crippen LogP contribution in [0.15, 0.2) is 53.4 Å². The van der Waals surface area contributed by atoms with Crippen LogP contribution in [0.3, 0.4) is 0 Å². The van der Waals surface area contributed by atoms with Crippen molar-refractivity contribution < 1.29 is 9.59 Å². The highest BCUT2D eigenvalue weighted by atomic mass is 127. The summed E-state index contributed by atoms with van der Waals surface area (Å²) in [4.78, 5) is 27.0. The third-order valence-electron chi connectivity index (χ3n) is 3.21. The molecule has 2 aromatic rings. The Morgan fingerprint density at radius 3 is 2.48 bits per heavy atom. The maximum absolute atomic E-state index is 12.4. The van der Waals surface area contributed by atoms with E-state index in [2.05, 4.69) is 27.9 Å². The second kappa shape index (κ2) is 8.35. The van der Waals surface area contributed by atoms with Crippen LogP contribution in [0.1, 0.15) is 10.4 Å². The number of carbonyl (C=O) groups excluding carboxylic acids is 2. The van der Waals surface area contributed by atoms with Crippen LogP contribution in [0.5, 0.6) is 0 Å². The number of rotatable bonds is 5. The van der Waals surface area contributed by atoms with Crippen molar-refractivity contribution >= 4 is 51.9 Å². The Bertz CT molecular complexity index is 721. The molecule has 0 aliphatic carbocycles. The molecule has 1 N–H and O–H groups in total. The van der Waals surface area contributed by atoms with Crippen molar-refractivity contribution in [2.75, 3.05) is 25.2 Å². The predicted octanol–water partition coefficient (Wildman–Crippen LogP) is 3.72. The summed E-state index contributed by atoms with van der Waals surface area (Å²) in [5.41, 5.74) is 1.37. The summed E-state index contributed by atoms with van der Waals surface area (Å²) in [6.07, 6.45) is 1.96. The molecule has 0 bridgehead atoms. The van der Waals surface area contributed by atoms with E-state index < -0.39 is 0 Å². The average Bonchev–Trinajstić information content (AvgIpc) is 2.55. The van der Waals surface area contributed by atoms with Gasteiger partial charge < -0.3 is 10.2 Å². The second-order valence-corrected chi connectivity index (χ2v) is 6.90. The topological polar surface area (TPSA) is 49.4 Å². The lowest BCUT2D eigenvalue weighted by Crippen LogP contribution is -2.35. The van der Waals surface area contributed by atoms with Crippen LogP contribution < -0.4 is 5.32 Å². The molecule has 2 aromatic carbocycles. The maximum atomic E-state index is 12.4. The Hall–Kier alpha value is -1.54. The van der Waals surface area contributed by atoms with Crippen molar-refractivity contribution in [1.82, 2.24) is 4.90 Å². The number of anilines is 1. The molecule has 120 valence electrons. The number of hydrogen-bond donors (Lipinski definition) is 1. The number of nitrogens with one attached hydrogen (secondary N) is 1. The van der Waals surface area contributed by atoms with Gasteiger partial charge in [0.15, 0.2) is 0 Å². The highest BCUT2D eigenvalue weighted by Crippen LogP contribution is 2.24. The number of thioether (sulfide) groups is 1. The normalized spacial score (nSPS) is 10.2. The van der Waals surface area contributed by atoms with E-state index in [1.165, 1.54) is 4.90 Å². The number of carbonyl (C=O) groups is 2. The van der Waals surface area contributed by atoms with Gasteiger partial charge in [0.2, 0.25) is 5.91 Å². The largest absolute Gasteiger partial charge is 0.332 e. The van der Waals surface area contributed by atoms with Gasteiger partial charge in [0.05, 0.1) is 17.8 Å². The number of amides is 2. The van der Waals surface area contributed by atoms with E-state index in [0.29, 0.717) is 5.56 Å². The minimum atomic E-state index is -0.215. The summed E-state index contributed by atoms with van der Waals surface area (Å²) in [6.45, 7) is 0.00647.